The molecule has 1 aliphatic carbocycles. The van der Waals surface area contributed by atoms with Gasteiger partial charge in [0.2, 0.25) is 0 Å². The maximum absolute atomic E-state index is 12.2. The van der Waals surface area contributed by atoms with E-state index >= 15 is 0 Å². The van der Waals surface area contributed by atoms with E-state index in [1.54, 1.807) is 18.5 Å². The van der Waals surface area contributed by atoms with Crippen molar-refractivity contribution in [3.8, 4) is 0 Å². The molecule has 3 nitrogen and oxygen atoms in total. The Kier molecular flexibility index (Phi) is 4.29. The lowest BCUT2D eigenvalue weighted by molar-refractivity contribution is 0.0874. The topological polar surface area (TPSA) is 42.0 Å². The predicted molar refractivity (Wildman–Crippen MR) is 80.0 cm³/mol. The third-order valence-corrected chi connectivity index (χ3v) is 4.12. The highest BCUT2D eigenvalue weighted by Crippen LogP contribution is 2.38. The predicted octanol–water partition coefficient (Wildman–Crippen LogP) is 3.79. The van der Waals surface area contributed by atoms with Gasteiger partial charge in [-0.15, -0.1) is 0 Å². The molecule has 1 aromatic rings. The average molecular weight is 325 g/mol. The number of nitrogens with zero attached hydrogens (tertiary/aromatic N) is 1. The number of amides is 1. The molecule has 1 fully saturated rings. The third kappa shape index (κ3) is 4.03. The summed E-state index contributed by atoms with van der Waals surface area (Å²) in [6.45, 7) is 6.83. The summed E-state index contributed by atoms with van der Waals surface area (Å²) in [5.74, 6) is 0.637. The molecule has 0 unspecified atom stereocenters. The van der Waals surface area contributed by atoms with Gasteiger partial charge in [-0.1, -0.05) is 20.8 Å². The number of hydrogen-bond acceptors (Lipinski definition) is 2. The van der Waals surface area contributed by atoms with Gasteiger partial charge in [-0.3, -0.25) is 9.78 Å². The van der Waals surface area contributed by atoms with Gasteiger partial charge in [0.05, 0.1) is 5.56 Å². The van der Waals surface area contributed by atoms with Crippen LogP contribution in [-0.2, 0) is 0 Å². The molecule has 0 saturated heterocycles. The van der Waals surface area contributed by atoms with Gasteiger partial charge in [0.1, 0.15) is 0 Å². The summed E-state index contributed by atoms with van der Waals surface area (Å²) in [6, 6.07) is 2.07. The minimum atomic E-state index is -0.0244. The molecule has 1 N–H and O–H groups in total. The van der Waals surface area contributed by atoms with Crippen LogP contribution in [0.4, 0.5) is 0 Å². The Morgan fingerprint density at radius 1 is 1.42 bits per heavy atom. The number of hydrogen-bond donors (Lipinski definition) is 1. The fourth-order valence-corrected chi connectivity index (χ4v) is 3.63. The highest BCUT2D eigenvalue weighted by atomic mass is 79.9. The van der Waals surface area contributed by atoms with Crippen molar-refractivity contribution in [1.82, 2.24) is 10.3 Å². The quantitative estimate of drug-likeness (QED) is 0.899. The molecule has 1 heterocycles. The molecular weight excluding hydrogens is 304 g/mol. The van der Waals surface area contributed by atoms with Gasteiger partial charge in [0.25, 0.3) is 5.91 Å². The first kappa shape index (κ1) is 14.5. The van der Waals surface area contributed by atoms with Crippen molar-refractivity contribution >= 4 is 21.8 Å². The Morgan fingerprint density at radius 3 is 2.79 bits per heavy atom. The number of halogens is 1. The summed E-state index contributed by atoms with van der Waals surface area (Å²) >= 11 is 3.34. The van der Waals surface area contributed by atoms with Crippen LogP contribution in [0.25, 0.3) is 0 Å². The van der Waals surface area contributed by atoms with E-state index in [4.69, 9.17) is 0 Å². The van der Waals surface area contributed by atoms with E-state index in [1.165, 1.54) is 6.42 Å². The minimum Gasteiger partial charge on any atom is -0.349 e. The van der Waals surface area contributed by atoms with Gasteiger partial charge in [-0.05, 0) is 52.6 Å². The second kappa shape index (κ2) is 5.61. The first-order chi connectivity index (χ1) is 8.85. The van der Waals surface area contributed by atoms with Crippen LogP contribution in [-0.4, -0.2) is 16.9 Å². The van der Waals surface area contributed by atoms with E-state index in [0.717, 1.165) is 17.3 Å². The van der Waals surface area contributed by atoms with Gasteiger partial charge in [0.15, 0.2) is 0 Å². The van der Waals surface area contributed by atoms with Crippen LogP contribution in [0, 0.1) is 11.3 Å². The van der Waals surface area contributed by atoms with Crippen molar-refractivity contribution in [3.05, 3.63) is 28.5 Å². The lowest BCUT2D eigenvalue weighted by atomic mass is 9.70. The van der Waals surface area contributed by atoms with Crippen LogP contribution >= 0.6 is 15.9 Å². The lowest BCUT2D eigenvalue weighted by Crippen LogP contribution is -2.43. The van der Waals surface area contributed by atoms with Crippen molar-refractivity contribution in [2.45, 2.75) is 46.1 Å². The van der Waals surface area contributed by atoms with Gasteiger partial charge >= 0.3 is 0 Å². The lowest BCUT2D eigenvalue weighted by Gasteiger charge is -2.39. The Hall–Kier alpha value is -0.900. The van der Waals surface area contributed by atoms with E-state index in [1.807, 2.05) is 0 Å². The molecule has 2 rings (SSSR count). The summed E-state index contributed by atoms with van der Waals surface area (Å²) in [7, 11) is 0. The number of pyridine rings is 1. The van der Waals surface area contributed by atoms with E-state index in [2.05, 4.69) is 47.0 Å². The van der Waals surface area contributed by atoms with Crippen LogP contribution in [0.3, 0.4) is 0 Å². The molecule has 4 heteroatoms. The first-order valence-corrected chi connectivity index (χ1v) is 7.56. The highest BCUT2D eigenvalue weighted by Gasteiger charge is 2.32. The van der Waals surface area contributed by atoms with Gasteiger partial charge in [0, 0.05) is 22.9 Å². The summed E-state index contributed by atoms with van der Waals surface area (Å²) in [6.07, 6.45) is 6.64. The molecule has 1 saturated carbocycles. The number of aromatic nitrogens is 1. The fourth-order valence-electron chi connectivity index (χ4n) is 3.26. The summed E-state index contributed by atoms with van der Waals surface area (Å²) in [5, 5.41) is 3.15. The average Bonchev–Trinajstić information content (AvgIpc) is 2.25. The SMILES string of the molecule is C[C@@H]1C[C@H](NC(=O)c2cncc(Br)c2)CC(C)(C)C1. The van der Waals surface area contributed by atoms with E-state index in [-0.39, 0.29) is 11.9 Å². The summed E-state index contributed by atoms with van der Waals surface area (Å²) in [5.41, 5.74) is 0.927. The van der Waals surface area contributed by atoms with E-state index in [0.29, 0.717) is 16.9 Å². The molecule has 0 aliphatic heterocycles. The second-order valence-corrected chi connectivity index (χ2v) is 7.39. The largest absolute Gasteiger partial charge is 0.349 e. The molecule has 0 aromatic carbocycles. The smallest absolute Gasteiger partial charge is 0.253 e. The van der Waals surface area contributed by atoms with Crippen LogP contribution < -0.4 is 5.32 Å². The molecule has 0 bridgehead atoms. The fraction of sp³-hybridized carbons (Fsp3) is 0.600. The third-order valence-electron chi connectivity index (χ3n) is 3.69. The molecule has 1 aromatic heterocycles. The molecular formula is C15H21BrN2O. The van der Waals surface area contributed by atoms with Crippen LogP contribution in [0.5, 0.6) is 0 Å². The molecule has 0 spiro atoms. The summed E-state index contributed by atoms with van der Waals surface area (Å²) in [4.78, 5) is 16.2. The zero-order valence-corrected chi connectivity index (χ0v) is 13.3. The van der Waals surface area contributed by atoms with Crippen LogP contribution in [0.2, 0.25) is 0 Å². The van der Waals surface area contributed by atoms with Crippen molar-refractivity contribution in [1.29, 1.82) is 0 Å². The zero-order chi connectivity index (χ0) is 14.0. The van der Waals surface area contributed by atoms with Crippen molar-refractivity contribution in [2.24, 2.45) is 11.3 Å². The molecule has 1 aliphatic rings. The molecule has 0 radical (unpaired) electrons. The van der Waals surface area contributed by atoms with E-state index in [9.17, 15) is 4.79 Å². The number of rotatable bonds is 2. The Bertz CT molecular complexity index is 473. The number of nitrogens with one attached hydrogen (secondary N) is 1. The maximum atomic E-state index is 12.2. The van der Waals surface area contributed by atoms with Crippen LogP contribution in [0.15, 0.2) is 22.9 Å². The van der Waals surface area contributed by atoms with Crippen molar-refractivity contribution in [3.63, 3.8) is 0 Å². The normalized spacial score (nSPS) is 25.9. The number of carbonyl (C=O) groups is 1. The minimum absolute atomic E-state index is 0.0244. The highest BCUT2D eigenvalue weighted by molar-refractivity contribution is 9.10. The Labute approximate surface area is 123 Å². The monoisotopic (exact) mass is 324 g/mol. The van der Waals surface area contributed by atoms with Crippen LogP contribution in [0.1, 0.15) is 50.4 Å². The molecule has 104 valence electrons. The van der Waals surface area contributed by atoms with E-state index < -0.39 is 0 Å². The standard InChI is InChI=1S/C15H21BrN2O/c1-10-4-13(7-15(2,3)6-10)18-14(19)11-5-12(16)9-17-8-11/h5,8-10,13H,4,6-7H2,1-3H3,(H,18,19)/t10-,13+/m1/s1. The number of carbonyl (C=O) groups excluding carboxylic acids is 1. The van der Waals surface area contributed by atoms with Gasteiger partial charge < -0.3 is 5.32 Å². The molecule has 2 atom stereocenters. The second-order valence-electron chi connectivity index (χ2n) is 6.48. The first-order valence-electron chi connectivity index (χ1n) is 6.77. The van der Waals surface area contributed by atoms with Gasteiger partial charge in [-0.25, -0.2) is 0 Å². The molecule has 19 heavy (non-hydrogen) atoms. The maximum Gasteiger partial charge on any atom is 0.253 e. The Morgan fingerprint density at radius 2 is 2.16 bits per heavy atom. The Balaban J connectivity index is 2.03. The summed E-state index contributed by atoms with van der Waals surface area (Å²) < 4.78 is 0.831. The van der Waals surface area contributed by atoms with Gasteiger partial charge in [-0.2, -0.15) is 0 Å². The van der Waals surface area contributed by atoms with Crippen molar-refractivity contribution < 1.29 is 4.79 Å². The molecule has 1 amide bonds. The van der Waals surface area contributed by atoms with Crippen molar-refractivity contribution in [2.75, 3.05) is 0 Å². The zero-order valence-electron chi connectivity index (χ0n) is 11.7.